The average molecular weight is 349 g/mol. The summed E-state index contributed by atoms with van der Waals surface area (Å²) in [5.41, 5.74) is 2.83. The number of hydrogen-bond donors (Lipinski definition) is 1. The third-order valence-electron chi connectivity index (χ3n) is 3.62. The molecule has 130 valence electrons. The Hall–Kier alpha value is -1.85. The van der Waals surface area contributed by atoms with Crippen molar-refractivity contribution >= 4 is 23.2 Å². The molecule has 2 aromatic rings. The van der Waals surface area contributed by atoms with Crippen LogP contribution in [0.2, 0.25) is 5.02 Å². The van der Waals surface area contributed by atoms with E-state index in [0.29, 0.717) is 22.8 Å². The molecule has 1 N–H and O–H groups in total. The van der Waals surface area contributed by atoms with Crippen LogP contribution in [-0.4, -0.2) is 34.7 Å². The Morgan fingerprint density at radius 2 is 2.00 bits per heavy atom. The lowest BCUT2D eigenvalue weighted by atomic mass is 10.1. The van der Waals surface area contributed by atoms with Crippen molar-refractivity contribution in [2.24, 2.45) is 0 Å². The number of nitrogens with zero attached hydrogens (tertiary/aromatic N) is 3. The second-order valence-electron chi connectivity index (χ2n) is 7.24. The molecule has 0 spiro atoms. The van der Waals surface area contributed by atoms with Gasteiger partial charge in [0.15, 0.2) is 0 Å². The Bertz CT molecular complexity index is 744. The Morgan fingerprint density at radius 1 is 1.33 bits per heavy atom. The largest absolute Gasteiger partial charge is 0.322 e. The van der Waals surface area contributed by atoms with Crippen molar-refractivity contribution in [3.8, 4) is 0 Å². The molecule has 0 saturated carbocycles. The van der Waals surface area contributed by atoms with Crippen molar-refractivity contribution in [3.05, 3.63) is 46.2 Å². The molecule has 2 rings (SSSR count). The zero-order valence-electron chi connectivity index (χ0n) is 15.1. The number of rotatable bonds is 4. The standard InChI is InChI=1S/C18H25ClN4O/c1-12-15(11-23(21-12)18(2,3)4)17(24)20-14-7-8-16(19)13(9-14)10-22(5)6/h7-9,11H,10H2,1-6H3,(H,20,24). The first-order valence-corrected chi connectivity index (χ1v) is 8.27. The first-order chi connectivity index (χ1) is 11.1. The normalized spacial score (nSPS) is 11.8. The van der Waals surface area contributed by atoms with Gasteiger partial charge in [-0.25, -0.2) is 0 Å². The molecule has 0 radical (unpaired) electrons. The van der Waals surface area contributed by atoms with Gasteiger partial charge in [-0.05, 0) is 65.6 Å². The highest BCUT2D eigenvalue weighted by atomic mass is 35.5. The van der Waals surface area contributed by atoms with Crippen LogP contribution in [0.3, 0.4) is 0 Å². The number of benzene rings is 1. The van der Waals surface area contributed by atoms with Gasteiger partial charge in [0.2, 0.25) is 0 Å². The van der Waals surface area contributed by atoms with E-state index in [4.69, 9.17) is 11.6 Å². The molecule has 1 aromatic carbocycles. The number of halogens is 1. The first-order valence-electron chi connectivity index (χ1n) is 7.89. The molecule has 5 nitrogen and oxygen atoms in total. The van der Waals surface area contributed by atoms with Crippen LogP contribution in [0.1, 0.15) is 42.4 Å². The summed E-state index contributed by atoms with van der Waals surface area (Å²) in [5, 5.41) is 8.07. The Balaban J connectivity index is 2.23. The van der Waals surface area contributed by atoms with E-state index in [1.807, 2.05) is 63.5 Å². The summed E-state index contributed by atoms with van der Waals surface area (Å²) in [5.74, 6) is -0.166. The Morgan fingerprint density at radius 3 is 2.54 bits per heavy atom. The molecule has 1 heterocycles. The van der Waals surface area contributed by atoms with Gasteiger partial charge in [-0.2, -0.15) is 5.10 Å². The summed E-state index contributed by atoms with van der Waals surface area (Å²) in [6, 6.07) is 5.52. The van der Waals surface area contributed by atoms with Gasteiger partial charge < -0.3 is 10.2 Å². The number of carbonyl (C=O) groups excluding carboxylic acids is 1. The molecular formula is C18H25ClN4O. The fourth-order valence-electron chi connectivity index (χ4n) is 2.34. The minimum absolute atomic E-state index is 0.164. The van der Waals surface area contributed by atoms with Gasteiger partial charge in [-0.15, -0.1) is 0 Å². The number of amides is 1. The summed E-state index contributed by atoms with van der Waals surface area (Å²) in [6.07, 6.45) is 1.79. The second kappa shape index (κ2) is 6.95. The van der Waals surface area contributed by atoms with Crippen molar-refractivity contribution in [3.63, 3.8) is 0 Å². The maximum Gasteiger partial charge on any atom is 0.259 e. The van der Waals surface area contributed by atoms with Crippen molar-refractivity contribution in [2.75, 3.05) is 19.4 Å². The summed E-state index contributed by atoms with van der Waals surface area (Å²) in [7, 11) is 3.96. The van der Waals surface area contributed by atoms with E-state index in [1.54, 1.807) is 12.3 Å². The van der Waals surface area contributed by atoms with Gasteiger partial charge in [-0.1, -0.05) is 11.6 Å². The van der Waals surface area contributed by atoms with Crippen LogP contribution in [0, 0.1) is 6.92 Å². The predicted molar refractivity (Wildman–Crippen MR) is 98.8 cm³/mol. The fraction of sp³-hybridized carbons (Fsp3) is 0.444. The van der Waals surface area contributed by atoms with Gasteiger partial charge in [0.1, 0.15) is 0 Å². The number of nitrogens with one attached hydrogen (secondary N) is 1. The second-order valence-corrected chi connectivity index (χ2v) is 7.65. The molecule has 0 unspecified atom stereocenters. The number of hydrogen-bond acceptors (Lipinski definition) is 3. The molecule has 0 aliphatic heterocycles. The summed E-state index contributed by atoms with van der Waals surface area (Å²) in [6.45, 7) is 8.70. The van der Waals surface area contributed by atoms with Crippen molar-refractivity contribution in [2.45, 2.75) is 39.8 Å². The summed E-state index contributed by atoms with van der Waals surface area (Å²) >= 11 is 6.22. The lowest BCUT2D eigenvalue weighted by molar-refractivity contribution is 0.102. The molecule has 0 aliphatic rings. The topological polar surface area (TPSA) is 50.2 Å². The molecule has 0 aliphatic carbocycles. The minimum atomic E-state index is -0.166. The third kappa shape index (κ3) is 4.36. The molecule has 0 atom stereocenters. The van der Waals surface area contributed by atoms with Gasteiger partial charge in [0, 0.05) is 23.5 Å². The maximum atomic E-state index is 12.6. The maximum absolute atomic E-state index is 12.6. The lowest BCUT2D eigenvalue weighted by Gasteiger charge is -2.18. The van der Waals surface area contributed by atoms with E-state index in [2.05, 4.69) is 10.4 Å². The zero-order valence-corrected chi connectivity index (χ0v) is 15.9. The SMILES string of the molecule is Cc1nn(C(C)(C)C)cc1C(=O)Nc1ccc(Cl)c(CN(C)C)c1. The fourth-order valence-corrected chi connectivity index (χ4v) is 2.52. The van der Waals surface area contributed by atoms with Crippen LogP contribution in [0.5, 0.6) is 0 Å². The highest BCUT2D eigenvalue weighted by Gasteiger charge is 2.20. The van der Waals surface area contributed by atoms with Crippen molar-refractivity contribution in [1.82, 2.24) is 14.7 Å². The van der Waals surface area contributed by atoms with Gasteiger partial charge >= 0.3 is 0 Å². The molecule has 6 heteroatoms. The summed E-state index contributed by atoms with van der Waals surface area (Å²) < 4.78 is 1.82. The molecule has 0 saturated heterocycles. The molecule has 24 heavy (non-hydrogen) atoms. The monoisotopic (exact) mass is 348 g/mol. The van der Waals surface area contributed by atoms with Gasteiger partial charge in [0.25, 0.3) is 5.91 Å². The van der Waals surface area contributed by atoms with Crippen LogP contribution in [0.4, 0.5) is 5.69 Å². The minimum Gasteiger partial charge on any atom is -0.322 e. The highest BCUT2D eigenvalue weighted by Crippen LogP contribution is 2.23. The molecule has 1 aromatic heterocycles. The smallest absolute Gasteiger partial charge is 0.259 e. The third-order valence-corrected chi connectivity index (χ3v) is 3.99. The molecule has 0 bridgehead atoms. The Labute approximate surface area is 148 Å². The number of aromatic nitrogens is 2. The van der Waals surface area contributed by atoms with E-state index in [9.17, 15) is 4.79 Å². The number of anilines is 1. The van der Waals surface area contributed by atoms with Crippen LogP contribution in [-0.2, 0) is 12.1 Å². The lowest BCUT2D eigenvalue weighted by Crippen LogP contribution is -2.22. The van der Waals surface area contributed by atoms with E-state index in [1.165, 1.54) is 0 Å². The van der Waals surface area contributed by atoms with Gasteiger partial charge in [0.05, 0.1) is 16.8 Å². The van der Waals surface area contributed by atoms with Crippen LogP contribution in [0.25, 0.3) is 0 Å². The van der Waals surface area contributed by atoms with Crippen LogP contribution < -0.4 is 5.32 Å². The van der Waals surface area contributed by atoms with Gasteiger partial charge in [-0.3, -0.25) is 9.48 Å². The average Bonchev–Trinajstić information content (AvgIpc) is 2.84. The zero-order chi connectivity index (χ0) is 18.1. The van der Waals surface area contributed by atoms with E-state index in [-0.39, 0.29) is 11.4 Å². The van der Waals surface area contributed by atoms with Crippen LogP contribution >= 0.6 is 11.6 Å². The molecule has 0 fully saturated rings. The summed E-state index contributed by atoms with van der Waals surface area (Å²) in [4.78, 5) is 14.6. The van der Waals surface area contributed by atoms with E-state index < -0.39 is 0 Å². The predicted octanol–water partition coefficient (Wildman–Crippen LogP) is 3.91. The van der Waals surface area contributed by atoms with E-state index in [0.717, 1.165) is 11.3 Å². The number of aryl methyl sites for hydroxylation is 1. The molecular weight excluding hydrogens is 324 g/mol. The molecule has 1 amide bonds. The van der Waals surface area contributed by atoms with Crippen LogP contribution in [0.15, 0.2) is 24.4 Å². The first kappa shape index (κ1) is 18.5. The van der Waals surface area contributed by atoms with E-state index >= 15 is 0 Å². The van der Waals surface area contributed by atoms with Crippen molar-refractivity contribution in [1.29, 1.82) is 0 Å². The quantitative estimate of drug-likeness (QED) is 0.911. The highest BCUT2D eigenvalue weighted by molar-refractivity contribution is 6.31. The number of carbonyl (C=O) groups is 1. The van der Waals surface area contributed by atoms with Crippen molar-refractivity contribution < 1.29 is 4.79 Å². The Kier molecular flexibility index (Phi) is 5.35.